The standard InChI is InChI=1S/C15H20N4O3/c20-12-17-4-6-19(7-5-17)15(21)13-2-1-3-14(16-13)18-8-10-22-11-9-18/h1-3,12H,4-11H2. The van der Waals surface area contributed by atoms with Crippen molar-refractivity contribution >= 4 is 18.1 Å². The number of hydrogen-bond acceptors (Lipinski definition) is 5. The molecule has 0 saturated carbocycles. The molecule has 2 saturated heterocycles. The first-order valence-corrected chi connectivity index (χ1v) is 7.56. The Hall–Kier alpha value is -2.15. The summed E-state index contributed by atoms with van der Waals surface area (Å²) in [7, 11) is 0. The Morgan fingerprint density at radius 1 is 1.09 bits per heavy atom. The first-order valence-electron chi connectivity index (χ1n) is 7.56. The average Bonchev–Trinajstić information content (AvgIpc) is 2.62. The summed E-state index contributed by atoms with van der Waals surface area (Å²) in [6, 6.07) is 5.54. The van der Waals surface area contributed by atoms with Crippen molar-refractivity contribution in [3.05, 3.63) is 23.9 Å². The smallest absolute Gasteiger partial charge is 0.272 e. The molecule has 0 spiro atoms. The van der Waals surface area contributed by atoms with Gasteiger partial charge in [0.25, 0.3) is 5.91 Å². The molecule has 7 nitrogen and oxygen atoms in total. The number of carbonyl (C=O) groups is 2. The lowest BCUT2D eigenvalue weighted by Crippen LogP contribution is -2.48. The molecule has 1 aromatic heterocycles. The minimum absolute atomic E-state index is 0.0688. The molecular weight excluding hydrogens is 284 g/mol. The molecule has 0 radical (unpaired) electrons. The van der Waals surface area contributed by atoms with Gasteiger partial charge in [-0.05, 0) is 12.1 Å². The molecule has 0 atom stereocenters. The molecule has 118 valence electrons. The fraction of sp³-hybridized carbons (Fsp3) is 0.533. The average molecular weight is 304 g/mol. The highest BCUT2D eigenvalue weighted by atomic mass is 16.5. The third-order valence-corrected chi connectivity index (χ3v) is 4.04. The summed E-state index contributed by atoms with van der Waals surface area (Å²) in [4.78, 5) is 33.3. The Bertz CT molecular complexity index is 537. The summed E-state index contributed by atoms with van der Waals surface area (Å²) in [5, 5.41) is 0. The van der Waals surface area contributed by atoms with Crippen LogP contribution in [0, 0.1) is 0 Å². The maximum absolute atomic E-state index is 12.5. The molecule has 2 amide bonds. The van der Waals surface area contributed by atoms with Gasteiger partial charge in [0.05, 0.1) is 13.2 Å². The lowest BCUT2D eigenvalue weighted by atomic mass is 10.2. The van der Waals surface area contributed by atoms with E-state index in [-0.39, 0.29) is 5.91 Å². The maximum atomic E-state index is 12.5. The van der Waals surface area contributed by atoms with E-state index in [1.165, 1.54) is 0 Å². The summed E-state index contributed by atoms with van der Waals surface area (Å²) in [5.74, 6) is 0.751. The predicted molar refractivity (Wildman–Crippen MR) is 80.8 cm³/mol. The zero-order chi connectivity index (χ0) is 15.4. The highest BCUT2D eigenvalue weighted by Gasteiger charge is 2.23. The van der Waals surface area contributed by atoms with Crippen LogP contribution in [0.4, 0.5) is 5.82 Å². The van der Waals surface area contributed by atoms with Crippen molar-refractivity contribution < 1.29 is 14.3 Å². The minimum atomic E-state index is -0.0688. The second-order valence-electron chi connectivity index (χ2n) is 5.41. The number of amides is 2. The Balaban J connectivity index is 1.69. The molecule has 3 heterocycles. The number of hydrogen-bond donors (Lipinski definition) is 0. The number of rotatable bonds is 3. The van der Waals surface area contributed by atoms with E-state index in [0.29, 0.717) is 45.1 Å². The van der Waals surface area contributed by atoms with Gasteiger partial charge in [-0.15, -0.1) is 0 Å². The van der Waals surface area contributed by atoms with Crippen molar-refractivity contribution in [3.63, 3.8) is 0 Å². The molecule has 0 aromatic carbocycles. The van der Waals surface area contributed by atoms with E-state index in [2.05, 4.69) is 9.88 Å². The number of ether oxygens (including phenoxy) is 1. The van der Waals surface area contributed by atoms with E-state index in [9.17, 15) is 9.59 Å². The number of aromatic nitrogens is 1. The van der Waals surface area contributed by atoms with E-state index in [0.717, 1.165) is 25.3 Å². The van der Waals surface area contributed by atoms with Crippen LogP contribution in [0.5, 0.6) is 0 Å². The van der Waals surface area contributed by atoms with Gasteiger partial charge in [-0.1, -0.05) is 6.07 Å². The van der Waals surface area contributed by atoms with Gasteiger partial charge < -0.3 is 19.4 Å². The first-order chi connectivity index (χ1) is 10.8. The Labute approximate surface area is 129 Å². The number of anilines is 1. The monoisotopic (exact) mass is 304 g/mol. The van der Waals surface area contributed by atoms with Crippen LogP contribution < -0.4 is 4.90 Å². The van der Waals surface area contributed by atoms with Crippen LogP contribution in [0.1, 0.15) is 10.5 Å². The highest BCUT2D eigenvalue weighted by molar-refractivity contribution is 5.92. The van der Waals surface area contributed by atoms with Gasteiger partial charge in [0.15, 0.2) is 0 Å². The third kappa shape index (κ3) is 3.19. The molecule has 2 aliphatic rings. The zero-order valence-electron chi connectivity index (χ0n) is 12.5. The van der Waals surface area contributed by atoms with Crippen LogP contribution >= 0.6 is 0 Å². The molecule has 7 heteroatoms. The van der Waals surface area contributed by atoms with Gasteiger partial charge in [-0.3, -0.25) is 9.59 Å². The summed E-state index contributed by atoms with van der Waals surface area (Å²) >= 11 is 0. The van der Waals surface area contributed by atoms with Crippen molar-refractivity contribution in [1.29, 1.82) is 0 Å². The number of piperazine rings is 1. The molecule has 1 aromatic rings. The minimum Gasteiger partial charge on any atom is -0.378 e. The lowest BCUT2D eigenvalue weighted by molar-refractivity contribution is -0.119. The first kappa shape index (κ1) is 14.8. The van der Waals surface area contributed by atoms with Gasteiger partial charge in [0.2, 0.25) is 6.41 Å². The number of pyridine rings is 1. The Kier molecular flexibility index (Phi) is 4.53. The summed E-state index contributed by atoms with van der Waals surface area (Å²) < 4.78 is 5.34. The molecule has 22 heavy (non-hydrogen) atoms. The van der Waals surface area contributed by atoms with Crippen molar-refractivity contribution in [1.82, 2.24) is 14.8 Å². The summed E-state index contributed by atoms with van der Waals surface area (Å²) in [6.07, 6.45) is 0.832. The second-order valence-corrected chi connectivity index (χ2v) is 5.41. The van der Waals surface area contributed by atoms with Gasteiger partial charge in [-0.2, -0.15) is 0 Å². The van der Waals surface area contributed by atoms with Crippen LogP contribution in [0.25, 0.3) is 0 Å². The molecule has 0 bridgehead atoms. The fourth-order valence-corrected chi connectivity index (χ4v) is 2.70. The van der Waals surface area contributed by atoms with E-state index in [4.69, 9.17) is 4.74 Å². The molecule has 0 N–H and O–H groups in total. The quantitative estimate of drug-likeness (QED) is 0.726. The summed E-state index contributed by atoms with van der Waals surface area (Å²) in [5.41, 5.74) is 0.462. The normalized spacial score (nSPS) is 19.2. The van der Waals surface area contributed by atoms with Crippen LogP contribution in [-0.4, -0.2) is 79.6 Å². The molecule has 0 aliphatic carbocycles. The topological polar surface area (TPSA) is 66.0 Å². The molecule has 0 unspecified atom stereocenters. The van der Waals surface area contributed by atoms with Crippen molar-refractivity contribution in [2.45, 2.75) is 0 Å². The van der Waals surface area contributed by atoms with E-state index >= 15 is 0 Å². The highest BCUT2D eigenvalue weighted by Crippen LogP contribution is 2.15. The zero-order valence-corrected chi connectivity index (χ0v) is 12.5. The number of nitrogens with zero attached hydrogens (tertiary/aromatic N) is 4. The van der Waals surface area contributed by atoms with Crippen LogP contribution in [0.2, 0.25) is 0 Å². The lowest BCUT2D eigenvalue weighted by Gasteiger charge is -2.32. The number of carbonyl (C=O) groups excluding carboxylic acids is 2. The van der Waals surface area contributed by atoms with E-state index in [1.807, 2.05) is 12.1 Å². The summed E-state index contributed by atoms with van der Waals surface area (Å²) in [6.45, 7) is 5.24. The van der Waals surface area contributed by atoms with Gasteiger partial charge in [-0.25, -0.2) is 4.98 Å². The van der Waals surface area contributed by atoms with E-state index in [1.54, 1.807) is 15.9 Å². The molecule has 2 fully saturated rings. The second kappa shape index (κ2) is 6.74. The van der Waals surface area contributed by atoms with Crippen molar-refractivity contribution in [2.24, 2.45) is 0 Å². The van der Waals surface area contributed by atoms with Crippen LogP contribution in [-0.2, 0) is 9.53 Å². The number of morpholine rings is 1. The van der Waals surface area contributed by atoms with Gasteiger partial charge >= 0.3 is 0 Å². The molecular formula is C15H20N4O3. The van der Waals surface area contributed by atoms with E-state index < -0.39 is 0 Å². The Morgan fingerprint density at radius 3 is 2.50 bits per heavy atom. The van der Waals surface area contributed by atoms with Crippen LogP contribution in [0.3, 0.4) is 0 Å². The molecule has 3 rings (SSSR count). The maximum Gasteiger partial charge on any atom is 0.272 e. The Morgan fingerprint density at radius 2 is 1.82 bits per heavy atom. The van der Waals surface area contributed by atoms with Crippen LogP contribution in [0.15, 0.2) is 18.2 Å². The predicted octanol–water partition coefficient (Wildman–Crippen LogP) is -0.168. The third-order valence-electron chi connectivity index (χ3n) is 4.04. The van der Waals surface area contributed by atoms with Crippen molar-refractivity contribution in [2.75, 3.05) is 57.4 Å². The SMILES string of the molecule is O=CN1CCN(C(=O)c2cccc(N3CCOCC3)n2)CC1. The van der Waals surface area contributed by atoms with Crippen molar-refractivity contribution in [3.8, 4) is 0 Å². The van der Waals surface area contributed by atoms with Gasteiger partial charge in [0, 0.05) is 39.3 Å². The fourth-order valence-electron chi connectivity index (χ4n) is 2.70. The van der Waals surface area contributed by atoms with Gasteiger partial charge in [0.1, 0.15) is 11.5 Å². The molecule has 2 aliphatic heterocycles. The largest absolute Gasteiger partial charge is 0.378 e.